The Morgan fingerprint density at radius 2 is 2.00 bits per heavy atom. The lowest BCUT2D eigenvalue weighted by atomic mass is 10.1. The third-order valence-corrected chi connectivity index (χ3v) is 3.65. The molecule has 5 heteroatoms. The second-order valence-corrected chi connectivity index (χ2v) is 4.98. The van der Waals surface area contributed by atoms with E-state index in [4.69, 9.17) is 4.99 Å². The molecule has 0 saturated carbocycles. The molecule has 1 aliphatic heterocycles. The molecule has 4 nitrogen and oxygen atoms in total. The molecule has 0 aliphatic carbocycles. The number of guanidine groups is 1. The second kappa shape index (κ2) is 7.49. The average molecular weight is 396 g/mol. The lowest BCUT2D eigenvalue weighted by Crippen LogP contribution is -2.30. The molecule has 1 aliphatic rings. The highest BCUT2D eigenvalue weighted by atomic mass is 127. The zero-order chi connectivity index (χ0) is 13.8. The van der Waals surface area contributed by atoms with E-state index in [1.807, 2.05) is 12.3 Å². The third kappa shape index (κ3) is 3.78. The molecule has 0 bridgehead atoms. The Kier molecular flexibility index (Phi) is 5.67. The summed E-state index contributed by atoms with van der Waals surface area (Å²) in [5.74, 6) is 0.996. The first-order valence-corrected chi connectivity index (χ1v) is 7.10. The van der Waals surface area contributed by atoms with Gasteiger partial charge in [0, 0.05) is 25.0 Å². The number of aromatic amines is 1. The molecule has 21 heavy (non-hydrogen) atoms. The van der Waals surface area contributed by atoms with Crippen LogP contribution in [-0.4, -0.2) is 28.9 Å². The summed E-state index contributed by atoms with van der Waals surface area (Å²) in [4.78, 5) is 10.2. The predicted molar refractivity (Wildman–Crippen MR) is 96.9 cm³/mol. The number of H-pyrrole nitrogens is 1. The lowest BCUT2D eigenvalue weighted by Gasteiger charge is -2.14. The van der Waals surface area contributed by atoms with Gasteiger partial charge in [-0.25, -0.2) is 4.99 Å². The van der Waals surface area contributed by atoms with Gasteiger partial charge in [-0.3, -0.25) is 0 Å². The minimum Gasteiger partial charge on any atom is -0.363 e. The van der Waals surface area contributed by atoms with Gasteiger partial charge < -0.3 is 15.2 Å². The molecule has 0 amide bonds. The van der Waals surface area contributed by atoms with Gasteiger partial charge in [-0.05, 0) is 24.6 Å². The first-order valence-electron chi connectivity index (χ1n) is 7.10. The maximum Gasteiger partial charge on any atom is 0.194 e. The van der Waals surface area contributed by atoms with Crippen LogP contribution < -0.4 is 5.32 Å². The number of hydrogen-bond donors (Lipinski definition) is 2. The van der Waals surface area contributed by atoms with E-state index in [1.165, 1.54) is 5.56 Å². The lowest BCUT2D eigenvalue weighted by molar-refractivity contribution is 0.455. The van der Waals surface area contributed by atoms with E-state index in [2.05, 4.69) is 58.5 Å². The maximum absolute atomic E-state index is 4.69. The number of aromatic nitrogens is 1. The summed E-state index contributed by atoms with van der Waals surface area (Å²) in [6, 6.07) is 14.9. The molecule has 1 aromatic heterocycles. The Bertz CT molecular complexity index is 565. The fourth-order valence-electron chi connectivity index (χ4n) is 2.52. The topological polar surface area (TPSA) is 43.4 Å². The van der Waals surface area contributed by atoms with Crippen LogP contribution in [0.2, 0.25) is 0 Å². The minimum absolute atomic E-state index is 0. The fourth-order valence-corrected chi connectivity index (χ4v) is 2.52. The molecule has 1 fully saturated rings. The van der Waals surface area contributed by atoms with Gasteiger partial charge in [-0.2, -0.15) is 0 Å². The average Bonchev–Trinajstić information content (AvgIpc) is 3.15. The summed E-state index contributed by atoms with van der Waals surface area (Å²) in [6.45, 7) is 4.80. The van der Waals surface area contributed by atoms with Gasteiger partial charge in [0.15, 0.2) is 5.96 Å². The van der Waals surface area contributed by atoms with Crippen molar-refractivity contribution >= 4 is 29.9 Å². The summed E-state index contributed by atoms with van der Waals surface area (Å²) in [5.41, 5.74) is 2.45. The quantitative estimate of drug-likeness (QED) is 0.780. The molecular formula is C16H21IN4. The number of rotatable bonds is 4. The van der Waals surface area contributed by atoms with Crippen LogP contribution in [0.25, 0.3) is 0 Å². The van der Waals surface area contributed by atoms with Gasteiger partial charge in [0.1, 0.15) is 0 Å². The second-order valence-electron chi connectivity index (χ2n) is 4.98. The molecule has 0 radical (unpaired) electrons. The molecular weight excluding hydrogens is 375 g/mol. The Hall–Kier alpha value is -1.50. The van der Waals surface area contributed by atoms with Gasteiger partial charge in [-0.1, -0.05) is 30.3 Å². The van der Waals surface area contributed by atoms with E-state index < -0.39 is 0 Å². The zero-order valence-electron chi connectivity index (χ0n) is 12.1. The Morgan fingerprint density at radius 1 is 1.19 bits per heavy atom. The number of benzene rings is 1. The van der Waals surface area contributed by atoms with Gasteiger partial charge >= 0.3 is 0 Å². The van der Waals surface area contributed by atoms with Crippen LogP contribution in [0.15, 0.2) is 53.7 Å². The number of halogens is 1. The van der Waals surface area contributed by atoms with Crippen LogP contribution in [0.3, 0.4) is 0 Å². The van der Waals surface area contributed by atoms with Gasteiger partial charge in [0.05, 0.1) is 12.6 Å². The highest BCUT2D eigenvalue weighted by Crippen LogP contribution is 2.20. The molecule has 1 saturated heterocycles. The van der Waals surface area contributed by atoms with E-state index in [0.29, 0.717) is 12.6 Å². The zero-order valence-corrected chi connectivity index (χ0v) is 14.5. The molecule has 1 atom stereocenters. The third-order valence-electron chi connectivity index (χ3n) is 3.65. The SMILES string of the molecule is CCN1CC(c2ccccc2)NC1=NCc1ccc[nH]1.I. The van der Waals surface area contributed by atoms with E-state index >= 15 is 0 Å². The number of hydrogen-bond acceptors (Lipinski definition) is 1. The van der Waals surface area contributed by atoms with Crippen molar-refractivity contribution in [3.63, 3.8) is 0 Å². The van der Waals surface area contributed by atoms with Gasteiger partial charge in [0.2, 0.25) is 0 Å². The molecule has 1 aromatic carbocycles. The largest absolute Gasteiger partial charge is 0.363 e. The van der Waals surface area contributed by atoms with Gasteiger partial charge in [0.25, 0.3) is 0 Å². The van der Waals surface area contributed by atoms with Crippen LogP contribution in [0.5, 0.6) is 0 Å². The highest BCUT2D eigenvalue weighted by Gasteiger charge is 2.26. The summed E-state index contributed by atoms with van der Waals surface area (Å²) in [6.07, 6.45) is 1.93. The Morgan fingerprint density at radius 3 is 2.67 bits per heavy atom. The molecule has 3 rings (SSSR count). The minimum atomic E-state index is 0. The van der Waals surface area contributed by atoms with E-state index in [1.54, 1.807) is 0 Å². The predicted octanol–water partition coefficient (Wildman–Crippen LogP) is 3.16. The van der Waals surface area contributed by atoms with Crippen molar-refractivity contribution in [2.24, 2.45) is 4.99 Å². The van der Waals surface area contributed by atoms with Crippen LogP contribution in [-0.2, 0) is 6.54 Å². The van der Waals surface area contributed by atoms with E-state index in [-0.39, 0.29) is 24.0 Å². The van der Waals surface area contributed by atoms with Gasteiger partial charge in [-0.15, -0.1) is 24.0 Å². The smallest absolute Gasteiger partial charge is 0.194 e. The number of aliphatic imine (C=N–C) groups is 1. The molecule has 112 valence electrons. The van der Waals surface area contributed by atoms with Crippen molar-refractivity contribution in [3.8, 4) is 0 Å². The number of nitrogens with one attached hydrogen (secondary N) is 2. The molecule has 1 unspecified atom stereocenters. The highest BCUT2D eigenvalue weighted by molar-refractivity contribution is 14.0. The van der Waals surface area contributed by atoms with Crippen molar-refractivity contribution in [3.05, 3.63) is 59.9 Å². The number of likely N-dealkylation sites (N-methyl/N-ethyl adjacent to an activating group) is 1. The Labute approximate surface area is 142 Å². The van der Waals surface area contributed by atoms with E-state index in [0.717, 1.165) is 24.7 Å². The summed E-state index contributed by atoms with van der Waals surface area (Å²) in [7, 11) is 0. The molecule has 2 aromatic rings. The van der Waals surface area contributed by atoms with Crippen molar-refractivity contribution in [2.45, 2.75) is 19.5 Å². The summed E-state index contributed by atoms with van der Waals surface area (Å²) >= 11 is 0. The van der Waals surface area contributed by atoms with E-state index in [9.17, 15) is 0 Å². The van der Waals surface area contributed by atoms with Crippen LogP contribution in [0.1, 0.15) is 24.2 Å². The standard InChI is InChI=1S/C16H20N4.HI/c1-2-20-12-15(13-7-4-3-5-8-13)19-16(20)18-11-14-9-6-10-17-14;/h3-10,15,17H,2,11-12H2,1H3,(H,18,19);1H. The molecule has 0 spiro atoms. The van der Waals surface area contributed by atoms with Crippen LogP contribution in [0, 0.1) is 0 Å². The fraction of sp³-hybridized carbons (Fsp3) is 0.312. The van der Waals surface area contributed by atoms with Crippen LogP contribution in [0.4, 0.5) is 0 Å². The molecule has 2 N–H and O–H groups in total. The van der Waals surface area contributed by atoms with Crippen LogP contribution >= 0.6 is 24.0 Å². The van der Waals surface area contributed by atoms with Crippen molar-refractivity contribution in [2.75, 3.05) is 13.1 Å². The molecule has 2 heterocycles. The monoisotopic (exact) mass is 396 g/mol. The first-order chi connectivity index (χ1) is 9.86. The summed E-state index contributed by atoms with van der Waals surface area (Å²) in [5, 5.41) is 3.53. The normalized spacial score (nSPS) is 19.4. The Balaban J connectivity index is 0.00000161. The van der Waals surface area contributed by atoms with Crippen molar-refractivity contribution < 1.29 is 0 Å². The maximum atomic E-state index is 4.69. The number of nitrogens with zero attached hydrogens (tertiary/aromatic N) is 2. The first kappa shape index (κ1) is 15.9. The summed E-state index contributed by atoms with van der Waals surface area (Å²) < 4.78 is 0. The van der Waals surface area contributed by atoms with Crippen molar-refractivity contribution in [1.82, 2.24) is 15.2 Å². The van der Waals surface area contributed by atoms with Crippen molar-refractivity contribution in [1.29, 1.82) is 0 Å².